The highest BCUT2D eigenvalue weighted by Gasteiger charge is 2.22. The predicted molar refractivity (Wildman–Crippen MR) is 134 cm³/mol. The number of halogens is 3. The second-order valence-electron chi connectivity index (χ2n) is 7.36. The van der Waals surface area contributed by atoms with Gasteiger partial charge in [0.05, 0.1) is 19.0 Å². The number of hydrogen-bond donors (Lipinski definition) is 2. The Morgan fingerprint density at radius 1 is 1.06 bits per heavy atom. The Morgan fingerprint density at radius 3 is 2.54 bits per heavy atom. The molecule has 10 heteroatoms. The van der Waals surface area contributed by atoms with Gasteiger partial charge in [0.15, 0.2) is 11.5 Å². The minimum atomic E-state index is -1.10. The van der Waals surface area contributed by atoms with E-state index >= 15 is 0 Å². The Balaban J connectivity index is 1.57. The summed E-state index contributed by atoms with van der Waals surface area (Å²) in [7, 11) is 1.50. The van der Waals surface area contributed by atoms with E-state index in [4.69, 9.17) is 32.7 Å². The first-order chi connectivity index (χ1) is 16.8. The molecule has 7 nitrogen and oxygen atoms in total. The first-order valence-corrected chi connectivity index (χ1v) is 11.2. The van der Waals surface area contributed by atoms with Gasteiger partial charge in [-0.25, -0.2) is 9.82 Å². The molecule has 1 unspecified atom stereocenters. The van der Waals surface area contributed by atoms with Gasteiger partial charge in [0.1, 0.15) is 18.3 Å². The average molecular weight is 518 g/mol. The quantitative estimate of drug-likeness (QED) is 0.224. The Labute approximate surface area is 211 Å². The third kappa shape index (κ3) is 7.18. The number of nitrogens with one attached hydrogen (secondary N) is 2. The summed E-state index contributed by atoms with van der Waals surface area (Å²) in [6.45, 7) is 1.60. The molecule has 3 aromatic carbocycles. The van der Waals surface area contributed by atoms with Crippen LogP contribution in [0.4, 0.5) is 10.1 Å². The first-order valence-electron chi connectivity index (χ1n) is 10.4. The van der Waals surface area contributed by atoms with Gasteiger partial charge in [-0.1, -0.05) is 41.4 Å². The lowest BCUT2D eigenvalue weighted by Crippen LogP contribution is -2.34. The summed E-state index contributed by atoms with van der Waals surface area (Å²) in [5.41, 5.74) is 3.67. The zero-order valence-electron chi connectivity index (χ0n) is 18.8. The molecule has 0 aromatic heterocycles. The standard InChI is InChI=1S/C25H22Cl2FN3O4/c1-15(24(32)30-21-6-4-3-5-20(21)28)25(33)31-29-13-16-7-10-22(23(11-16)34-2)35-14-17-8-9-18(26)12-19(17)27/h3-13,15H,14H2,1-2H3,(H,30,32)(H,31,33). The predicted octanol–water partition coefficient (Wildman–Crippen LogP) is 5.45. The summed E-state index contributed by atoms with van der Waals surface area (Å²) in [5.74, 6) is -2.07. The van der Waals surface area contributed by atoms with Crippen molar-refractivity contribution in [1.82, 2.24) is 5.43 Å². The van der Waals surface area contributed by atoms with Crippen LogP contribution in [0, 0.1) is 11.7 Å². The Hall–Kier alpha value is -3.62. The molecule has 0 aliphatic carbocycles. The zero-order chi connectivity index (χ0) is 25.4. The molecule has 0 aliphatic heterocycles. The number of hydrogen-bond acceptors (Lipinski definition) is 5. The zero-order valence-corrected chi connectivity index (χ0v) is 20.4. The van der Waals surface area contributed by atoms with Crippen molar-refractivity contribution in [3.8, 4) is 11.5 Å². The van der Waals surface area contributed by atoms with E-state index in [1.807, 2.05) is 0 Å². The molecule has 182 valence electrons. The summed E-state index contributed by atoms with van der Waals surface area (Å²) >= 11 is 12.1. The van der Waals surface area contributed by atoms with Crippen molar-refractivity contribution >= 4 is 46.9 Å². The highest BCUT2D eigenvalue weighted by Crippen LogP contribution is 2.29. The minimum absolute atomic E-state index is 0.00612. The van der Waals surface area contributed by atoms with E-state index < -0.39 is 23.5 Å². The number of carbonyl (C=O) groups is 2. The largest absolute Gasteiger partial charge is 0.493 e. The second kappa shape index (κ2) is 12.2. The first kappa shape index (κ1) is 26.0. The number of methoxy groups -OCH3 is 1. The second-order valence-corrected chi connectivity index (χ2v) is 8.20. The van der Waals surface area contributed by atoms with E-state index in [0.29, 0.717) is 27.1 Å². The maximum atomic E-state index is 13.7. The lowest BCUT2D eigenvalue weighted by molar-refractivity contribution is -0.131. The van der Waals surface area contributed by atoms with Crippen LogP contribution < -0.4 is 20.2 Å². The Morgan fingerprint density at radius 2 is 1.83 bits per heavy atom. The van der Waals surface area contributed by atoms with Gasteiger partial charge in [-0.2, -0.15) is 5.10 Å². The highest BCUT2D eigenvalue weighted by molar-refractivity contribution is 6.35. The van der Waals surface area contributed by atoms with E-state index in [1.165, 1.54) is 38.4 Å². The molecule has 2 N–H and O–H groups in total. The molecule has 0 aliphatic rings. The fourth-order valence-corrected chi connectivity index (χ4v) is 3.33. The SMILES string of the molecule is COc1cc(C=NNC(=O)C(C)C(=O)Nc2ccccc2F)ccc1OCc1ccc(Cl)cc1Cl. The van der Waals surface area contributed by atoms with E-state index in [9.17, 15) is 14.0 Å². The maximum Gasteiger partial charge on any atom is 0.252 e. The summed E-state index contributed by atoms with van der Waals surface area (Å²) in [6, 6.07) is 15.9. The van der Waals surface area contributed by atoms with Gasteiger partial charge in [-0.15, -0.1) is 0 Å². The Bertz CT molecular complexity index is 1250. The molecular weight excluding hydrogens is 496 g/mol. The van der Waals surface area contributed by atoms with Crippen LogP contribution in [-0.2, 0) is 16.2 Å². The number of para-hydroxylation sites is 1. The number of anilines is 1. The molecular formula is C25H22Cl2FN3O4. The third-order valence-corrected chi connectivity index (χ3v) is 5.48. The Kier molecular flexibility index (Phi) is 9.05. The van der Waals surface area contributed by atoms with Crippen molar-refractivity contribution < 1.29 is 23.5 Å². The van der Waals surface area contributed by atoms with Crippen LogP contribution in [0.1, 0.15) is 18.1 Å². The number of ether oxygens (including phenoxy) is 2. The van der Waals surface area contributed by atoms with Crippen molar-refractivity contribution in [2.24, 2.45) is 11.0 Å². The third-order valence-electron chi connectivity index (χ3n) is 4.89. The molecule has 2 amide bonds. The molecule has 0 saturated carbocycles. The molecule has 0 bridgehead atoms. The van der Waals surface area contributed by atoms with Crippen LogP contribution >= 0.6 is 23.2 Å². The lowest BCUT2D eigenvalue weighted by Gasteiger charge is -2.12. The number of benzene rings is 3. The topological polar surface area (TPSA) is 89.0 Å². The van der Waals surface area contributed by atoms with Gasteiger partial charge in [0, 0.05) is 15.6 Å². The van der Waals surface area contributed by atoms with Crippen LogP contribution in [0.25, 0.3) is 0 Å². The van der Waals surface area contributed by atoms with Gasteiger partial charge in [-0.05, 0) is 55.0 Å². The normalized spacial score (nSPS) is 11.7. The molecule has 1 atom stereocenters. The van der Waals surface area contributed by atoms with Gasteiger partial charge < -0.3 is 14.8 Å². The summed E-state index contributed by atoms with van der Waals surface area (Å²) < 4.78 is 24.9. The molecule has 0 spiro atoms. The fourth-order valence-electron chi connectivity index (χ4n) is 2.87. The van der Waals surface area contributed by atoms with Crippen molar-refractivity contribution in [1.29, 1.82) is 0 Å². The van der Waals surface area contributed by atoms with E-state index in [1.54, 1.807) is 42.5 Å². The molecule has 0 saturated heterocycles. The van der Waals surface area contributed by atoms with E-state index in [-0.39, 0.29) is 12.3 Å². The number of carbonyl (C=O) groups excluding carboxylic acids is 2. The van der Waals surface area contributed by atoms with Crippen molar-refractivity contribution in [3.05, 3.63) is 87.7 Å². The summed E-state index contributed by atoms with van der Waals surface area (Å²) in [6.07, 6.45) is 1.39. The number of hydrazone groups is 1. The monoisotopic (exact) mass is 517 g/mol. The summed E-state index contributed by atoms with van der Waals surface area (Å²) in [4.78, 5) is 24.5. The van der Waals surface area contributed by atoms with Gasteiger partial charge in [-0.3, -0.25) is 9.59 Å². The number of nitrogens with zero attached hydrogens (tertiary/aromatic N) is 1. The lowest BCUT2D eigenvalue weighted by atomic mass is 10.1. The van der Waals surface area contributed by atoms with Crippen LogP contribution in [-0.4, -0.2) is 25.1 Å². The number of amides is 2. The smallest absolute Gasteiger partial charge is 0.252 e. The average Bonchev–Trinajstić information content (AvgIpc) is 2.84. The van der Waals surface area contributed by atoms with Crippen molar-refractivity contribution in [3.63, 3.8) is 0 Å². The van der Waals surface area contributed by atoms with Crippen molar-refractivity contribution in [2.75, 3.05) is 12.4 Å². The van der Waals surface area contributed by atoms with Crippen molar-refractivity contribution in [2.45, 2.75) is 13.5 Å². The number of rotatable bonds is 9. The molecule has 35 heavy (non-hydrogen) atoms. The molecule has 0 heterocycles. The van der Waals surface area contributed by atoms with Gasteiger partial charge >= 0.3 is 0 Å². The molecule has 3 aromatic rings. The van der Waals surface area contributed by atoms with Crippen LogP contribution in [0.15, 0.2) is 65.8 Å². The summed E-state index contributed by atoms with van der Waals surface area (Å²) in [5, 5.41) is 7.29. The molecule has 0 fully saturated rings. The van der Waals surface area contributed by atoms with Crippen LogP contribution in [0.3, 0.4) is 0 Å². The molecule has 3 rings (SSSR count). The van der Waals surface area contributed by atoms with Crippen LogP contribution in [0.5, 0.6) is 11.5 Å². The minimum Gasteiger partial charge on any atom is -0.493 e. The van der Waals surface area contributed by atoms with Crippen LogP contribution in [0.2, 0.25) is 10.0 Å². The molecule has 0 radical (unpaired) electrons. The van der Waals surface area contributed by atoms with E-state index in [2.05, 4.69) is 15.8 Å². The fraction of sp³-hybridized carbons (Fsp3) is 0.160. The highest BCUT2D eigenvalue weighted by atomic mass is 35.5. The van der Waals surface area contributed by atoms with E-state index in [0.717, 1.165) is 5.56 Å². The maximum absolute atomic E-state index is 13.7. The van der Waals surface area contributed by atoms with Gasteiger partial charge in [0.2, 0.25) is 5.91 Å². The van der Waals surface area contributed by atoms with Gasteiger partial charge in [0.25, 0.3) is 5.91 Å².